The maximum absolute atomic E-state index is 12.0. The number of halogens is 2. The van der Waals surface area contributed by atoms with Gasteiger partial charge in [0, 0.05) is 11.1 Å². The minimum absolute atomic E-state index is 0.341. The third-order valence-corrected chi connectivity index (χ3v) is 3.79. The number of hydrogen-bond acceptors (Lipinski definition) is 3. The van der Waals surface area contributed by atoms with E-state index in [4.69, 9.17) is 27.9 Å². The van der Waals surface area contributed by atoms with Gasteiger partial charge in [0.1, 0.15) is 5.75 Å². The molecule has 0 bridgehead atoms. The second-order valence-corrected chi connectivity index (χ2v) is 5.50. The lowest BCUT2D eigenvalue weighted by atomic mass is 10.2. The lowest BCUT2D eigenvalue weighted by Crippen LogP contribution is -2.29. The van der Waals surface area contributed by atoms with Gasteiger partial charge >= 0.3 is 11.8 Å². The summed E-state index contributed by atoms with van der Waals surface area (Å²) in [6.45, 7) is 1.78. The maximum Gasteiger partial charge on any atom is 0.314 e. The van der Waals surface area contributed by atoms with Gasteiger partial charge in [0.25, 0.3) is 0 Å². The van der Waals surface area contributed by atoms with E-state index in [1.807, 2.05) is 0 Å². The highest BCUT2D eigenvalue weighted by atomic mass is 35.5. The summed E-state index contributed by atoms with van der Waals surface area (Å²) in [4.78, 5) is 24.0. The molecule has 0 fully saturated rings. The van der Waals surface area contributed by atoms with Crippen molar-refractivity contribution in [3.8, 4) is 5.75 Å². The first-order valence-electron chi connectivity index (χ1n) is 6.63. The fourth-order valence-corrected chi connectivity index (χ4v) is 2.19. The minimum atomic E-state index is -0.843. The summed E-state index contributed by atoms with van der Waals surface area (Å²) >= 11 is 11.9. The largest absolute Gasteiger partial charge is 0.495 e. The van der Waals surface area contributed by atoms with E-state index in [9.17, 15) is 9.59 Å². The Kier molecular flexibility index (Phi) is 5.47. The van der Waals surface area contributed by atoms with Crippen molar-refractivity contribution in [2.45, 2.75) is 6.92 Å². The van der Waals surface area contributed by atoms with Crippen LogP contribution in [-0.2, 0) is 9.59 Å². The number of benzene rings is 2. The number of carbonyl (C=O) groups is 2. The summed E-state index contributed by atoms with van der Waals surface area (Å²) in [5.41, 5.74) is 1.46. The molecule has 0 aromatic heterocycles. The number of aryl methyl sites for hydroxylation is 1. The van der Waals surface area contributed by atoms with Gasteiger partial charge in [-0.1, -0.05) is 35.3 Å². The SMILES string of the molecule is COc1cc(Cl)c(C)cc1NC(=O)C(=O)Nc1ccccc1Cl. The Labute approximate surface area is 143 Å². The molecule has 2 rings (SSSR count). The van der Waals surface area contributed by atoms with Crippen LogP contribution in [0.2, 0.25) is 10.0 Å². The fourth-order valence-electron chi connectivity index (χ4n) is 1.85. The molecule has 2 amide bonds. The predicted octanol–water partition coefficient (Wildman–Crippen LogP) is 3.89. The maximum atomic E-state index is 12.0. The van der Waals surface area contributed by atoms with Crippen LogP contribution in [0, 0.1) is 6.92 Å². The Hall–Kier alpha value is -2.24. The molecule has 120 valence electrons. The molecule has 0 saturated heterocycles. The Morgan fingerprint density at radius 2 is 1.57 bits per heavy atom. The van der Waals surface area contributed by atoms with Gasteiger partial charge in [-0.05, 0) is 30.7 Å². The number of ether oxygens (including phenoxy) is 1. The number of hydrogen-bond donors (Lipinski definition) is 2. The highest BCUT2D eigenvalue weighted by Gasteiger charge is 2.17. The number of rotatable bonds is 3. The molecule has 0 radical (unpaired) electrons. The molecular weight excluding hydrogens is 339 g/mol. The summed E-state index contributed by atoms with van der Waals surface area (Å²) in [7, 11) is 1.44. The molecule has 23 heavy (non-hydrogen) atoms. The van der Waals surface area contributed by atoms with Crippen LogP contribution in [0.1, 0.15) is 5.56 Å². The molecule has 0 aliphatic heterocycles. The second kappa shape index (κ2) is 7.35. The minimum Gasteiger partial charge on any atom is -0.495 e. The average Bonchev–Trinajstić information content (AvgIpc) is 2.52. The topological polar surface area (TPSA) is 67.4 Å². The lowest BCUT2D eigenvalue weighted by molar-refractivity contribution is -0.133. The van der Waals surface area contributed by atoms with E-state index >= 15 is 0 Å². The van der Waals surface area contributed by atoms with E-state index in [0.717, 1.165) is 5.56 Å². The number of carbonyl (C=O) groups excluding carboxylic acids is 2. The van der Waals surface area contributed by atoms with Crippen LogP contribution in [0.4, 0.5) is 11.4 Å². The van der Waals surface area contributed by atoms with Crippen molar-refractivity contribution in [1.29, 1.82) is 0 Å². The molecular formula is C16H14Cl2N2O3. The van der Waals surface area contributed by atoms with E-state index in [2.05, 4.69) is 10.6 Å². The van der Waals surface area contributed by atoms with Crippen molar-refractivity contribution in [3.05, 3.63) is 52.0 Å². The molecule has 2 aromatic carbocycles. The number of anilines is 2. The number of amides is 2. The normalized spacial score (nSPS) is 10.1. The van der Waals surface area contributed by atoms with Crippen molar-refractivity contribution >= 4 is 46.4 Å². The summed E-state index contributed by atoms with van der Waals surface area (Å²) < 4.78 is 5.15. The first-order chi connectivity index (χ1) is 10.9. The molecule has 0 atom stereocenters. The van der Waals surface area contributed by atoms with Gasteiger partial charge in [0.15, 0.2) is 0 Å². The molecule has 0 heterocycles. The molecule has 0 aliphatic rings. The molecule has 5 nitrogen and oxygen atoms in total. The van der Waals surface area contributed by atoms with E-state index in [0.29, 0.717) is 27.2 Å². The van der Waals surface area contributed by atoms with E-state index in [1.165, 1.54) is 7.11 Å². The smallest absolute Gasteiger partial charge is 0.314 e. The number of nitrogens with one attached hydrogen (secondary N) is 2. The van der Waals surface area contributed by atoms with Crippen molar-refractivity contribution in [2.24, 2.45) is 0 Å². The van der Waals surface area contributed by atoms with Gasteiger partial charge in [-0.25, -0.2) is 0 Å². The van der Waals surface area contributed by atoms with Crippen molar-refractivity contribution in [1.82, 2.24) is 0 Å². The third-order valence-electron chi connectivity index (χ3n) is 3.06. The fraction of sp³-hybridized carbons (Fsp3) is 0.125. The summed E-state index contributed by atoms with van der Waals surface area (Å²) in [5.74, 6) is -1.32. The van der Waals surface area contributed by atoms with Crippen LogP contribution in [0.15, 0.2) is 36.4 Å². The molecule has 0 unspecified atom stereocenters. The third kappa shape index (κ3) is 4.15. The monoisotopic (exact) mass is 352 g/mol. The van der Waals surface area contributed by atoms with Crippen molar-refractivity contribution in [2.75, 3.05) is 17.7 Å². The zero-order valence-corrected chi connectivity index (χ0v) is 14.0. The van der Waals surface area contributed by atoms with Crippen LogP contribution in [0.25, 0.3) is 0 Å². The predicted molar refractivity (Wildman–Crippen MR) is 91.5 cm³/mol. The van der Waals surface area contributed by atoms with Crippen LogP contribution in [0.3, 0.4) is 0 Å². The zero-order valence-electron chi connectivity index (χ0n) is 12.4. The lowest BCUT2D eigenvalue weighted by Gasteiger charge is -2.12. The second-order valence-electron chi connectivity index (χ2n) is 4.69. The van der Waals surface area contributed by atoms with Crippen LogP contribution in [-0.4, -0.2) is 18.9 Å². The van der Waals surface area contributed by atoms with Gasteiger partial charge in [-0.3, -0.25) is 9.59 Å². The first-order valence-corrected chi connectivity index (χ1v) is 7.39. The van der Waals surface area contributed by atoms with Gasteiger partial charge < -0.3 is 15.4 Å². The van der Waals surface area contributed by atoms with Gasteiger partial charge in [0.05, 0.1) is 23.5 Å². The van der Waals surface area contributed by atoms with Crippen LogP contribution >= 0.6 is 23.2 Å². The summed E-state index contributed by atoms with van der Waals surface area (Å²) in [6, 6.07) is 9.83. The number of methoxy groups -OCH3 is 1. The highest BCUT2D eigenvalue weighted by molar-refractivity contribution is 6.45. The Bertz CT molecular complexity index is 763. The molecule has 0 spiro atoms. The zero-order chi connectivity index (χ0) is 17.0. The Balaban J connectivity index is 2.14. The Morgan fingerprint density at radius 3 is 2.17 bits per heavy atom. The summed E-state index contributed by atoms with van der Waals surface area (Å²) in [5, 5.41) is 5.78. The average molecular weight is 353 g/mol. The Morgan fingerprint density at radius 1 is 0.957 bits per heavy atom. The van der Waals surface area contributed by atoms with Gasteiger partial charge in [0.2, 0.25) is 0 Å². The standard InChI is InChI=1S/C16H14Cl2N2O3/c1-9-7-13(14(23-2)8-11(9)18)20-16(22)15(21)19-12-6-4-3-5-10(12)17/h3-8H,1-2H3,(H,19,21)(H,20,22). The first kappa shape index (κ1) is 17.1. The molecule has 7 heteroatoms. The van der Waals surface area contributed by atoms with E-state index < -0.39 is 11.8 Å². The van der Waals surface area contributed by atoms with E-state index in [1.54, 1.807) is 43.3 Å². The van der Waals surface area contributed by atoms with Crippen molar-refractivity contribution in [3.63, 3.8) is 0 Å². The van der Waals surface area contributed by atoms with E-state index in [-0.39, 0.29) is 0 Å². The molecule has 0 saturated carbocycles. The van der Waals surface area contributed by atoms with Crippen LogP contribution < -0.4 is 15.4 Å². The van der Waals surface area contributed by atoms with Gasteiger partial charge in [-0.2, -0.15) is 0 Å². The number of para-hydroxylation sites is 1. The highest BCUT2D eigenvalue weighted by Crippen LogP contribution is 2.31. The van der Waals surface area contributed by atoms with Gasteiger partial charge in [-0.15, -0.1) is 0 Å². The molecule has 2 N–H and O–H groups in total. The van der Waals surface area contributed by atoms with Crippen LogP contribution in [0.5, 0.6) is 5.75 Å². The molecule has 0 aliphatic carbocycles. The molecule has 2 aromatic rings. The quantitative estimate of drug-likeness (QED) is 0.823. The van der Waals surface area contributed by atoms with Crippen molar-refractivity contribution < 1.29 is 14.3 Å². The summed E-state index contributed by atoms with van der Waals surface area (Å²) in [6.07, 6.45) is 0.